The molecule has 0 saturated heterocycles. The Hall–Kier alpha value is -0.550. The first kappa shape index (κ1) is 30.5. The molecule has 0 bridgehead atoms. The van der Waals surface area contributed by atoms with Gasteiger partial charge >= 0.3 is 0 Å². The van der Waals surface area contributed by atoms with Crippen molar-refractivity contribution in [1.82, 2.24) is 0 Å². The summed E-state index contributed by atoms with van der Waals surface area (Å²) in [5.41, 5.74) is 0.258. The fourth-order valence-corrected chi connectivity index (χ4v) is 5.43. The van der Waals surface area contributed by atoms with Crippen molar-refractivity contribution < 1.29 is 15.0 Å². The Morgan fingerprint density at radius 2 is 1.00 bits per heavy atom. The minimum atomic E-state index is -0.182. The quantitative estimate of drug-likeness (QED) is 0.111. The summed E-state index contributed by atoms with van der Waals surface area (Å²) in [6.45, 7) is 2.28. The maximum absolute atomic E-state index is 12.4. The standard InChI is InChI=1S/C28H46Br2O3/c1-2-3-4-5-6-7-8-9-10-11-12-13-14-15-16-17-18-19-20-21-25(31)23-22-24(29)28(33)26(30)27(23)32/h22,32-33H,2-21H2,1H3. The van der Waals surface area contributed by atoms with Gasteiger partial charge in [0.15, 0.2) is 5.78 Å². The number of Topliss-reactive ketones (excluding diaryl/α,β-unsaturated/α-hetero) is 1. The van der Waals surface area contributed by atoms with Gasteiger partial charge in [-0.1, -0.05) is 122 Å². The van der Waals surface area contributed by atoms with Crippen LogP contribution in [0.2, 0.25) is 0 Å². The summed E-state index contributed by atoms with van der Waals surface area (Å²) in [7, 11) is 0. The fraction of sp³-hybridized carbons (Fsp3) is 0.750. The van der Waals surface area contributed by atoms with Gasteiger partial charge in [0.1, 0.15) is 16.0 Å². The second-order valence-corrected chi connectivity index (χ2v) is 11.1. The van der Waals surface area contributed by atoms with Crippen molar-refractivity contribution in [2.45, 2.75) is 135 Å². The van der Waals surface area contributed by atoms with Crippen molar-refractivity contribution >= 4 is 37.6 Å². The molecule has 0 aliphatic heterocycles. The minimum absolute atomic E-state index is 0.0825. The van der Waals surface area contributed by atoms with E-state index in [2.05, 4.69) is 38.8 Å². The molecule has 1 rings (SSSR count). The van der Waals surface area contributed by atoms with E-state index in [-0.39, 0.29) is 27.3 Å². The van der Waals surface area contributed by atoms with Gasteiger partial charge in [-0.3, -0.25) is 4.79 Å². The average molecular weight is 590 g/mol. The summed E-state index contributed by atoms with van der Waals surface area (Å²) >= 11 is 6.34. The lowest BCUT2D eigenvalue weighted by Crippen LogP contribution is -2.00. The molecule has 0 aliphatic carbocycles. The number of phenolic OH excluding ortho intramolecular Hbond substituents is 2. The highest BCUT2D eigenvalue weighted by molar-refractivity contribution is 9.11. The summed E-state index contributed by atoms with van der Waals surface area (Å²) in [5, 5.41) is 19.9. The Labute approximate surface area is 219 Å². The number of unbranched alkanes of at least 4 members (excludes halogenated alkanes) is 18. The van der Waals surface area contributed by atoms with E-state index < -0.39 is 0 Å². The summed E-state index contributed by atoms with van der Waals surface area (Å²) in [6, 6.07) is 1.49. The zero-order valence-corrected chi connectivity index (χ0v) is 24.0. The Kier molecular flexibility index (Phi) is 18.2. The van der Waals surface area contributed by atoms with E-state index in [1.54, 1.807) is 0 Å². The summed E-state index contributed by atoms with van der Waals surface area (Å²) in [5.74, 6) is -0.355. The van der Waals surface area contributed by atoms with Crippen LogP contribution in [0.3, 0.4) is 0 Å². The maximum Gasteiger partial charge on any atom is 0.166 e. The third kappa shape index (κ3) is 13.8. The monoisotopic (exact) mass is 588 g/mol. The number of aromatic hydroxyl groups is 2. The molecule has 0 aromatic heterocycles. The largest absolute Gasteiger partial charge is 0.506 e. The highest BCUT2D eigenvalue weighted by Gasteiger charge is 2.18. The number of carbonyl (C=O) groups is 1. The number of ketones is 1. The molecule has 0 spiro atoms. The molecule has 0 amide bonds. The Bertz CT molecular complexity index is 661. The number of rotatable bonds is 21. The van der Waals surface area contributed by atoms with Crippen LogP contribution in [-0.2, 0) is 0 Å². The number of carbonyl (C=O) groups excluding carboxylic acids is 1. The summed E-state index contributed by atoms with van der Waals surface area (Å²) < 4.78 is 0.567. The van der Waals surface area contributed by atoms with Gasteiger partial charge in [0.05, 0.1) is 10.0 Å². The molecule has 1 aromatic rings. The fourth-order valence-electron chi connectivity index (χ4n) is 4.31. The second kappa shape index (κ2) is 19.7. The van der Waals surface area contributed by atoms with E-state index in [4.69, 9.17) is 0 Å². The highest BCUT2D eigenvalue weighted by Crippen LogP contribution is 2.41. The van der Waals surface area contributed by atoms with E-state index in [1.165, 1.54) is 115 Å². The van der Waals surface area contributed by atoms with Crippen LogP contribution in [0, 0.1) is 0 Å². The van der Waals surface area contributed by atoms with Crippen LogP contribution in [0.4, 0.5) is 0 Å². The van der Waals surface area contributed by atoms with E-state index in [9.17, 15) is 15.0 Å². The molecule has 0 fully saturated rings. The molecule has 5 heteroatoms. The number of hydrogen-bond donors (Lipinski definition) is 2. The van der Waals surface area contributed by atoms with Gasteiger partial charge in [-0.2, -0.15) is 0 Å². The SMILES string of the molecule is CCCCCCCCCCCCCCCCCCCCCC(=O)c1cc(Br)c(O)c(Br)c1O. The Morgan fingerprint density at radius 3 is 1.39 bits per heavy atom. The normalized spacial score (nSPS) is 11.2. The van der Waals surface area contributed by atoms with E-state index in [0.29, 0.717) is 10.9 Å². The zero-order valence-electron chi connectivity index (χ0n) is 20.8. The van der Waals surface area contributed by atoms with Crippen molar-refractivity contribution in [3.05, 3.63) is 20.6 Å². The molecule has 1 aromatic carbocycles. The van der Waals surface area contributed by atoms with Crippen molar-refractivity contribution in [2.75, 3.05) is 0 Å². The molecule has 2 N–H and O–H groups in total. The molecule has 33 heavy (non-hydrogen) atoms. The third-order valence-electron chi connectivity index (χ3n) is 6.48. The van der Waals surface area contributed by atoms with Gasteiger partial charge in [0, 0.05) is 6.42 Å². The molecular weight excluding hydrogens is 544 g/mol. The number of hydrogen-bond acceptors (Lipinski definition) is 3. The zero-order chi connectivity index (χ0) is 24.3. The van der Waals surface area contributed by atoms with Crippen LogP contribution < -0.4 is 0 Å². The molecule has 190 valence electrons. The highest BCUT2D eigenvalue weighted by atomic mass is 79.9. The van der Waals surface area contributed by atoms with Crippen LogP contribution in [0.25, 0.3) is 0 Å². The van der Waals surface area contributed by atoms with Gasteiger partial charge < -0.3 is 10.2 Å². The first-order valence-electron chi connectivity index (χ1n) is 13.4. The molecular formula is C28H46Br2O3. The van der Waals surface area contributed by atoms with Crippen LogP contribution in [0.15, 0.2) is 15.0 Å². The smallest absolute Gasteiger partial charge is 0.166 e. The maximum atomic E-state index is 12.4. The third-order valence-corrected chi connectivity index (χ3v) is 7.83. The van der Waals surface area contributed by atoms with Gasteiger partial charge in [0.25, 0.3) is 0 Å². The van der Waals surface area contributed by atoms with Crippen LogP contribution in [0.1, 0.15) is 146 Å². The molecule has 0 heterocycles. The van der Waals surface area contributed by atoms with Gasteiger partial charge in [0.2, 0.25) is 0 Å². The predicted octanol–water partition coefficient (Wildman–Crippen LogP) is 10.6. The summed E-state index contributed by atoms with van der Waals surface area (Å²) in [4.78, 5) is 12.4. The van der Waals surface area contributed by atoms with Gasteiger partial charge in [-0.15, -0.1) is 0 Å². The summed E-state index contributed by atoms with van der Waals surface area (Å²) in [6.07, 6.45) is 25.7. The molecule has 0 radical (unpaired) electrons. The number of phenols is 2. The van der Waals surface area contributed by atoms with Gasteiger partial charge in [-0.05, 0) is 44.3 Å². The van der Waals surface area contributed by atoms with Crippen molar-refractivity contribution in [2.24, 2.45) is 0 Å². The average Bonchev–Trinajstić information content (AvgIpc) is 2.81. The van der Waals surface area contributed by atoms with Crippen LogP contribution in [0.5, 0.6) is 11.5 Å². The lowest BCUT2D eigenvalue weighted by atomic mass is 10.0. The molecule has 3 nitrogen and oxygen atoms in total. The van der Waals surface area contributed by atoms with Gasteiger partial charge in [-0.25, -0.2) is 0 Å². The first-order valence-corrected chi connectivity index (χ1v) is 15.0. The first-order chi connectivity index (χ1) is 16.0. The Morgan fingerprint density at radius 1 is 0.636 bits per heavy atom. The van der Waals surface area contributed by atoms with Crippen molar-refractivity contribution in [3.8, 4) is 11.5 Å². The van der Waals surface area contributed by atoms with Crippen molar-refractivity contribution in [3.63, 3.8) is 0 Å². The lowest BCUT2D eigenvalue weighted by Gasteiger charge is -2.09. The van der Waals surface area contributed by atoms with E-state index in [1.807, 2.05) is 0 Å². The molecule has 0 aliphatic rings. The van der Waals surface area contributed by atoms with Crippen LogP contribution >= 0.6 is 31.9 Å². The van der Waals surface area contributed by atoms with Crippen LogP contribution in [-0.4, -0.2) is 16.0 Å². The predicted molar refractivity (Wildman–Crippen MR) is 148 cm³/mol. The van der Waals surface area contributed by atoms with E-state index in [0.717, 1.165) is 12.8 Å². The number of benzene rings is 1. The molecule has 0 unspecified atom stereocenters. The molecule has 0 saturated carbocycles. The minimum Gasteiger partial charge on any atom is -0.506 e. The Balaban J connectivity index is 1.90. The lowest BCUT2D eigenvalue weighted by molar-refractivity contribution is 0.0976. The van der Waals surface area contributed by atoms with Crippen molar-refractivity contribution in [1.29, 1.82) is 0 Å². The number of halogens is 2. The topological polar surface area (TPSA) is 57.5 Å². The second-order valence-electron chi connectivity index (χ2n) is 9.45. The van der Waals surface area contributed by atoms with E-state index >= 15 is 0 Å². The molecule has 0 atom stereocenters.